The standard InChI is InChI=1S/C15H11F3N4S/c1-9-7-23-13-12(9)19-8-20-14(13)22-21-6-10-2-4-11(5-3-10)15(16,17)18/h2-8H,1H3,(H,19,20,22)/b21-6+. The third-order valence-electron chi connectivity index (χ3n) is 3.15. The first-order chi connectivity index (χ1) is 10.9. The van der Waals surface area contributed by atoms with Crippen LogP contribution in [0.5, 0.6) is 0 Å². The van der Waals surface area contributed by atoms with Crippen LogP contribution in [-0.4, -0.2) is 16.2 Å². The van der Waals surface area contributed by atoms with Crippen molar-refractivity contribution in [2.75, 3.05) is 5.43 Å². The fourth-order valence-electron chi connectivity index (χ4n) is 1.98. The van der Waals surface area contributed by atoms with Crippen molar-refractivity contribution in [1.82, 2.24) is 9.97 Å². The molecule has 8 heteroatoms. The third-order valence-corrected chi connectivity index (χ3v) is 4.25. The SMILES string of the molecule is Cc1csc2c(N/N=C/c3ccc(C(F)(F)F)cc3)ncnc12. The molecule has 0 bridgehead atoms. The Morgan fingerprint density at radius 2 is 1.91 bits per heavy atom. The lowest BCUT2D eigenvalue weighted by Crippen LogP contribution is -2.04. The van der Waals surface area contributed by atoms with Gasteiger partial charge in [0.25, 0.3) is 0 Å². The quantitative estimate of drug-likeness (QED) is 0.567. The van der Waals surface area contributed by atoms with Crippen molar-refractivity contribution in [2.45, 2.75) is 13.1 Å². The number of nitrogens with zero attached hydrogens (tertiary/aromatic N) is 3. The highest BCUT2D eigenvalue weighted by molar-refractivity contribution is 7.18. The molecule has 1 aromatic carbocycles. The van der Waals surface area contributed by atoms with E-state index < -0.39 is 11.7 Å². The van der Waals surface area contributed by atoms with Gasteiger partial charge in [-0.25, -0.2) is 9.97 Å². The molecule has 0 spiro atoms. The third kappa shape index (κ3) is 3.31. The number of alkyl halides is 3. The summed E-state index contributed by atoms with van der Waals surface area (Å²) in [7, 11) is 0. The molecular formula is C15H11F3N4S. The highest BCUT2D eigenvalue weighted by atomic mass is 32.1. The molecule has 1 N–H and O–H groups in total. The van der Waals surface area contributed by atoms with Gasteiger partial charge < -0.3 is 0 Å². The second-order valence-corrected chi connectivity index (χ2v) is 5.69. The van der Waals surface area contributed by atoms with Crippen molar-refractivity contribution in [3.8, 4) is 0 Å². The number of benzene rings is 1. The summed E-state index contributed by atoms with van der Waals surface area (Å²) < 4.78 is 38.3. The summed E-state index contributed by atoms with van der Waals surface area (Å²) in [5.41, 5.74) is 4.58. The van der Waals surface area contributed by atoms with Crippen LogP contribution in [0.2, 0.25) is 0 Å². The fourth-order valence-corrected chi connectivity index (χ4v) is 2.92. The van der Waals surface area contributed by atoms with Crippen molar-refractivity contribution in [3.05, 3.63) is 52.7 Å². The molecule has 0 saturated heterocycles. The number of aryl methyl sites for hydroxylation is 1. The summed E-state index contributed by atoms with van der Waals surface area (Å²) in [6.45, 7) is 1.96. The highest BCUT2D eigenvalue weighted by Gasteiger charge is 2.29. The zero-order chi connectivity index (χ0) is 16.4. The van der Waals surface area contributed by atoms with E-state index in [9.17, 15) is 13.2 Å². The predicted octanol–water partition coefficient (Wildman–Crippen LogP) is 4.46. The maximum atomic E-state index is 12.5. The molecule has 23 heavy (non-hydrogen) atoms. The molecule has 0 amide bonds. The van der Waals surface area contributed by atoms with E-state index in [-0.39, 0.29) is 0 Å². The van der Waals surface area contributed by atoms with Gasteiger partial charge in [0.05, 0.1) is 22.0 Å². The van der Waals surface area contributed by atoms with Crippen molar-refractivity contribution in [1.29, 1.82) is 0 Å². The second kappa shape index (κ2) is 5.96. The van der Waals surface area contributed by atoms with Gasteiger partial charge in [-0.1, -0.05) is 12.1 Å². The normalized spacial score (nSPS) is 12.2. The van der Waals surface area contributed by atoms with E-state index in [0.29, 0.717) is 11.4 Å². The summed E-state index contributed by atoms with van der Waals surface area (Å²) in [6, 6.07) is 4.76. The number of halogens is 3. The fraction of sp³-hybridized carbons (Fsp3) is 0.133. The van der Waals surface area contributed by atoms with Crippen molar-refractivity contribution in [2.24, 2.45) is 5.10 Å². The van der Waals surface area contributed by atoms with Gasteiger partial charge in [0.15, 0.2) is 5.82 Å². The average molecular weight is 336 g/mol. The van der Waals surface area contributed by atoms with Crippen molar-refractivity contribution < 1.29 is 13.2 Å². The first-order valence-electron chi connectivity index (χ1n) is 6.60. The van der Waals surface area contributed by atoms with E-state index >= 15 is 0 Å². The predicted molar refractivity (Wildman–Crippen MR) is 84.8 cm³/mol. The lowest BCUT2D eigenvalue weighted by molar-refractivity contribution is -0.137. The Morgan fingerprint density at radius 3 is 2.61 bits per heavy atom. The summed E-state index contributed by atoms with van der Waals surface area (Å²) in [4.78, 5) is 8.32. The first kappa shape index (κ1) is 15.4. The number of nitrogens with one attached hydrogen (secondary N) is 1. The van der Waals surface area contributed by atoms with Crippen LogP contribution in [-0.2, 0) is 6.18 Å². The number of hydrogen-bond acceptors (Lipinski definition) is 5. The lowest BCUT2D eigenvalue weighted by Gasteiger charge is -2.05. The Bertz CT molecular complexity index is 853. The molecule has 0 atom stereocenters. The Hall–Kier alpha value is -2.48. The van der Waals surface area contributed by atoms with Gasteiger partial charge in [-0.3, -0.25) is 5.43 Å². The molecule has 2 heterocycles. The molecule has 0 unspecified atom stereocenters. The highest BCUT2D eigenvalue weighted by Crippen LogP contribution is 2.29. The van der Waals surface area contributed by atoms with Crippen LogP contribution in [0.1, 0.15) is 16.7 Å². The molecule has 0 radical (unpaired) electrons. The summed E-state index contributed by atoms with van der Waals surface area (Å²) in [5, 5.41) is 6.00. The van der Waals surface area contributed by atoms with E-state index in [2.05, 4.69) is 20.5 Å². The molecule has 4 nitrogen and oxygen atoms in total. The number of aromatic nitrogens is 2. The maximum absolute atomic E-state index is 12.5. The summed E-state index contributed by atoms with van der Waals surface area (Å²) in [6.07, 6.45) is -1.45. The van der Waals surface area contributed by atoms with Crippen LogP contribution in [0.25, 0.3) is 10.2 Å². The van der Waals surface area contributed by atoms with Gasteiger partial charge >= 0.3 is 6.18 Å². The zero-order valence-corrected chi connectivity index (χ0v) is 12.7. The molecule has 118 valence electrons. The van der Waals surface area contributed by atoms with E-state index in [1.807, 2.05) is 12.3 Å². The number of hydrazone groups is 1. The van der Waals surface area contributed by atoms with Gasteiger partial charge in [-0.2, -0.15) is 18.3 Å². The molecule has 3 aromatic rings. The summed E-state index contributed by atoms with van der Waals surface area (Å²) >= 11 is 1.51. The molecule has 2 aromatic heterocycles. The first-order valence-corrected chi connectivity index (χ1v) is 7.48. The Kier molecular flexibility index (Phi) is 3.99. The molecule has 0 saturated carbocycles. The van der Waals surface area contributed by atoms with Gasteiger partial charge in [0.1, 0.15) is 6.33 Å². The van der Waals surface area contributed by atoms with Gasteiger partial charge in [-0.05, 0) is 35.6 Å². The zero-order valence-electron chi connectivity index (χ0n) is 11.9. The van der Waals surface area contributed by atoms with E-state index in [1.54, 1.807) is 0 Å². The number of thiophene rings is 1. The van der Waals surface area contributed by atoms with E-state index in [4.69, 9.17) is 0 Å². The summed E-state index contributed by atoms with van der Waals surface area (Å²) in [5.74, 6) is 0.566. The Labute approximate surface area is 133 Å². The average Bonchev–Trinajstić information content (AvgIpc) is 2.90. The molecule has 3 rings (SSSR count). The van der Waals surface area contributed by atoms with E-state index in [0.717, 1.165) is 27.9 Å². The Morgan fingerprint density at radius 1 is 1.17 bits per heavy atom. The van der Waals surface area contributed by atoms with Crippen LogP contribution in [0.4, 0.5) is 19.0 Å². The molecule has 0 aliphatic carbocycles. The van der Waals surface area contributed by atoms with Crippen LogP contribution in [0.15, 0.2) is 41.1 Å². The van der Waals surface area contributed by atoms with E-state index in [1.165, 1.54) is 36.0 Å². The second-order valence-electron chi connectivity index (χ2n) is 4.81. The van der Waals surface area contributed by atoms with Crippen LogP contribution >= 0.6 is 11.3 Å². The van der Waals surface area contributed by atoms with Crippen LogP contribution < -0.4 is 5.43 Å². The minimum atomic E-state index is -4.34. The maximum Gasteiger partial charge on any atom is 0.416 e. The molecular weight excluding hydrogens is 325 g/mol. The number of hydrogen-bond donors (Lipinski definition) is 1. The number of fused-ring (bicyclic) bond motifs is 1. The van der Waals surface area contributed by atoms with Crippen LogP contribution in [0.3, 0.4) is 0 Å². The van der Waals surface area contributed by atoms with Gasteiger partial charge in [-0.15, -0.1) is 11.3 Å². The number of anilines is 1. The molecule has 0 aliphatic rings. The minimum absolute atomic E-state index is 0.554. The van der Waals surface area contributed by atoms with Crippen molar-refractivity contribution >= 4 is 33.6 Å². The van der Waals surface area contributed by atoms with Crippen molar-refractivity contribution in [3.63, 3.8) is 0 Å². The van der Waals surface area contributed by atoms with Gasteiger partial charge in [0, 0.05) is 0 Å². The lowest BCUT2D eigenvalue weighted by atomic mass is 10.1. The van der Waals surface area contributed by atoms with Gasteiger partial charge in [0.2, 0.25) is 0 Å². The Balaban J connectivity index is 1.76. The largest absolute Gasteiger partial charge is 0.416 e. The minimum Gasteiger partial charge on any atom is -0.260 e. The molecule has 0 aliphatic heterocycles. The monoisotopic (exact) mass is 336 g/mol. The van der Waals surface area contributed by atoms with Crippen LogP contribution in [0, 0.1) is 6.92 Å². The smallest absolute Gasteiger partial charge is 0.260 e. The number of rotatable bonds is 3. The topological polar surface area (TPSA) is 50.2 Å². The molecule has 0 fully saturated rings.